The molecular formula is C27H31N5O2. The van der Waals surface area contributed by atoms with Gasteiger partial charge in [0.05, 0.1) is 0 Å². The van der Waals surface area contributed by atoms with Crippen LogP contribution in [-0.4, -0.2) is 30.2 Å². The summed E-state index contributed by atoms with van der Waals surface area (Å²) < 4.78 is 0. The van der Waals surface area contributed by atoms with Gasteiger partial charge in [-0.05, 0) is 66.6 Å². The van der Waals surface area contributed by atoms with Crippen LogP contribution in [0, 0.1) is 11.3 Å². The minimum atomic E-state index is -0.869. The minimum Gasteiger partial charge on any atom is -0.384 e. The van der Waals surface area contributed by atoms with Gasteiger partial charge in [0.25, 0.3) is 5.91 Å². The third kappa shape index (κ3) is 5.26. The zero-order valence-corrected chi connectivity index (χ0v) is 19.1. The number of carbonyl (C=O) groups is 2. The van der Waals surface area contributed by atoms with Gasteiger partial charge >= 0.3 is 0 Å². The third-order valence-electron chi connectivity index (χ3n) is 6.63. The SMILES string of the molecule is N=C(N)c1cccc(C(=O)N[C@@H](C(=O)NC2CCC(CN)CC2)c2cccc3ccccc23)c1. The molecule has 0 unspecified atom stereocenters. The summed E-state index contributed by atoms with van der Waals surface area (Å²) in [5.74, 6) is -0.243. The minimum absolute atomic E-state index is 0.0609. The highest BCUT2D eigenvalue weighted by Gasteiger charge is 2.29. The lowest BCUT2D eigenvalue weighted by Crippen LogP contribution is -2.45. The van der Waals surface area contributed by atoms with Crippen LogP contribution in [0.25, 0.3) is 10.8 Å². The number of benzene rings is 3. The monoisotopic (exact) mass is 457 g/mol. The van der Waals surface area contributed by atoms with E-state index in [9.17, 15) is 9.59 Å². The summed E-state index contributed by atoms with van der Waals surface area (Å²) in [5.41, 5.74) is 12.9. The van der Waals surface area contributed by atoms with Crippen LogP contribution in [0.3, 0.4) is 0 Å². The van der Waals surface area contributed by atoms with Gasteiger partial charge in [-0.15, -0.1) is 0 Å². The highest BCUT2D eigenvalue weighted by molar-refractivity contribution is 6.02. The molecule has 3 aromatic rings. The smallest absolute Gasteiger partial charge is 0.252 e. The fourth-order valence-electron chi connectivity index (χ4n) is 4.66. The van der Waals surface area contributed by atoms with E-state index in [4.69, 9.17) is 16.9 Å². The summed E-state index contributed by atoms with van der Waals surface area (Å²) in [5, 5.41) is 15.7. The van der Waals surface area contributed by atoms with Gasteiger partial charge in [-0.2, -0.15) is 0 Å². The van der Waals surface area contributed by atoms with Crippen molar-refractivity contribution in [3.05, 3.63) is 83.4 Å². The van der Waals surface area contributed by atoms with Crippen molar-refractivity contribution in [3.8, 4) is 0 Å². The molecule has 0 bridgehead atoms. The Morgan fingerprint density at radius 3 is 2.35 bits per heavy atom. The average molecular weight is 458 g/mol. The summed E-state index contributed by atoms with van der Waals surface area (Å²) in [6, 6.07) is 19.3. The fraction of sp³-hybridized carbons (Fsp3) is 0.296. The Hall–Kier alpha value is -3.71. The molecule has 0 spiro atoms. The van der Waals surface area contributed by atoms with Gasteiger partial charge in [0.1, 0.15) is 11.9 Å². The van der Waals surface area contributed by atoms with Gasteiger partial charge < -0.3 is 22.1 Å². The molecule has 0 aliphatic heterocycles. The van der Waals surface area contributed by atoms with Crippen LogP contribution in [0.2, 0.25) is 0 Å². The van der Waals surface area contributed by atoms with E-state index in [1.54, 1.807) is 24.3 Å². The van der Waals surface area contributed by atoms with Crippen molar-refractivity contribution in [1.29, 1.82) is 5.41 Å². The Morgan fingerprint density at radius 1 is 0.941 bits per heavy atom. The molecule has 0 heterocycles. The first kappa shape index (κ1) is 23.4. The number of hydrogen-bond donors (Lipinski definition) is 5. The molecule has 7 N–H and O–H groups in total. The predicted octanol–water partition coefficient (Wildman–Crippen LogP) is 3.23. The Kier molecular flexibility index (Phi) is 7.23. The van der Waals surface area contributed by atoms with E-state index in [0.29, 0.717) is 23.6 Å². The van der Waals surface area contributed by atoms with E-state index in [-0.39, 0.29) is 17.8 Å². The first-order valence-corrected chi connectivity index (χ1v) is 11.7. The standard InChI is InChI=1S/C27H31N5O2/c28-16-17-11-13-21(14-12-17)31-27(34)24(23-10-4-6-18-5-1-2-9-22(18)23)32-26(33)20-8-3-7-19(15-20)25(29)30/h1-10,15,17,21,24H,11-14,16,28H2,(H3,29,30)(H,31,34)(H,32,33)/t17?,21?,24-/m1/s1. The van der Waals surface area contributed by atoms with Crippen LogP contribution in [0.15, 0.2) is 66.7 Å². The number of amidine groups is 1. The molecule has 0 radical (unpaired) electrons. The molecule has 2 amide bonds. The maximum absolute atomic E-state index is 13.5. The van der Waals surface area contributed by atoms with E-state index in [1.807, 2.05) is 42.5 Å². The number of rotatable bonds is 7. The Balaban J connectivity index is 1.63. The molecule has 7 heteroatoms. The summed E-state index contributed by atoms with van der Waals surface area (Å²) in [7, 11) is 0. The van der Waals surface area contributed by atoms with E-state index in [0.717, 1.165) is 42.0 Å². The number of nitrogens with two attached hydrogens (primary N) is 2. The van der Waals surface area contributed by atoms with Gasteiger partial charge in [0, 0.05) is 17.2 Å². The molecule has 1 fully saturated rings. The molecular weight excluding hydrogens is 426 g/mol. The van der Waals surface area contributed by atoms with Crippen molar-refractivity contribution in [3.63, 3.8) is 0 Å². The molecule has 0 aromatic heterocycles. The summed E-state index contributed by atoms with van der Waals surface area (Å²) in [6.45, 7) is 0.675. The largest absolute Gasteiger partial charge is 0.384 e. The molecule has 3 aromatic carbocycles. The number of amides is 2. The van der Waals surface area contributed by atoms with Crippen LogP contribution in [0.4, 0.5) is 0 Å². The zero-order chi connectivity index (χ0) is 24.1. The van der Waals surface area contributed by atoms with Crippen LogP contribution in [0.1, 0.15) is 53.2 Å². The van der Waals surface area contributed by atoms with Crippen molar-refractivity contribution >= 4 is 28.4 Å². The van der Waals surface area contributed by atoms with Gasteiger partial charge in [-0.3, -0.25) is 15.0 Å². The maximum atomic E-state index is 13.5. The second-order valence-corrected chi connectivity index (χ2v) is 8.93. The number of hydrogen-bond acceptors (Lipinski definition) is 4. The maximum Gasteiger partial charge on any atom is 0.252 e. The number of nitrogens with one attached hydrogen (secondary N) is 3. The van der Waals surface area contributed by atoms with Crippen molar-refractivity contribution in [2.75, 3.05) is 6.54 Å². The summed E-state index contributed by atoms with van der Waals surface area (Å²) >= 11 is 0. The first-order valence-electron chi connectivity index (χ1n) is 11.7. The molecule has 1 aliphatic carbocycles. The van der Waals surface area contributed by atoms with Gasteiger partial charge in [-0.1, -0.05) is 54.6 Å². The van der Waals surface area contributed by atoms with E-state index < -0.39 is 11.9 Å². The highest BCUT2D eigenvalue weighted by atomic mass is 16.2. The fourth-order valence-corrected chi connectivity index (χ4v) is 4.66. The lowest BCUT2D eigenvalue weighted by Gasteiger charge is -2.30. The topological polar surface area (TPSA) is 134 Å². The molecule has 7 nitrogen and oxygen atoms in total. The van der Waals surface area contributed by atoms with E-state index >= 15 is 0 Å². The molecule has 1 aliphatic rings. The van der Waals surface area contributed by atoms with Crippen LogP contribution in [-0.2, 0) is 4.79 Å². The van der Waals surface area contributed by atoms with Crippen LogP contribution < -0.4 is 22.1 Å². The quantitative estimate of drug-likeness (QED) is 0.275. The number of nitrogen functional groups attached to an aromatic ring is 1. The second kappa shape index (κ2) is 10.5. The van der Waals surface area contributed by atoms with Crippen molar-refractivity contribution in [2.45, 2.75) is 37.8 Å². The Bertz CT molecular complexity index is 1200. The number of fused-ring (bicyclic) bond motifs is 1. The lowest BCUT2D eigenvalue weighted by molar-refractivity contribution is -0.124. The van der Waals surface area contributed by atoms with Crippen molar-refractivity contribution in [2.24, 2.45) is 17.4 Å². The van der Waals surface area contributed by atoms with Crippen LogP contribution >= 0.6 is 0 Å². The van der Waals surface area contributed by atoms with Crippen molar-refractivity contribution < 1.29 is 9.59 Å². The summed E-state index contributed by atoms with van der Waals surface area (Å²) in [6.07, 6.45) is 3.74. The Morgan fingerprint density at radius 2 is 1.62 bits per heavy atom. The molecule has 0 saturated heterocycles. The zero-order valence-electron chi connectivity index (χ0n) is 19.1. The lowest BCUT2D eigenvalue weighted by atomic mass is 9.86. The highest BCUT2D eigenvalue weighted by Crippen LogP contribution is 2.27. The Labute approximate surface area is 199 Å². The van der Waals surface area contributed by atoms with Gasteiger partial charge in [0.15, 0.2) is 0 Å². The molecule has 1 atom stereocenters. The van der Waals surface area contributed by atoms with E-state index in [2.05, 4.69) is 10.6 Å². The normalized spacial score (nSPS) is 18.7. The molecule has 4 rings (SSSR count). The first-order chi connectivity index (χ1) is 16.5. The molecule has 34 heavy (non-hydrogen) atoms. The molecule has 176 valence electrons. The van der Waals surface area contributed by atoms with Gasteiger partial charge in [-0.25, -0.2) is 0 Å². The number of carbonyl (C=O) groups excluding carboxylic acids is 2. The predicted molar refractivity (Wildman–Crippen MR) is 135 cm³/mol. The average Bonchev–Trinajstić information content (AvgIpc) is 2.87. The van der Waals surface area contributed by atoms with Gasteiger partial charge in [0.2, 0.25) is 5.91 Å². The van der Waals surface area contributed by atoms with E-state index in [1.165, 1.54) is 0 Å². The van der Waals surface area contributed by atoms with Crippen LogP contribution in [0.5, 0.6) is 0 Å². The molecule has 1 saturated carbocycles. The third-order valence-corrected chi connectivity index (χ3v) is 6.63. The van der Waals surface area contributed by atoms with Crippen molar-refractivity contribution in [1.82, 2.24) is 10.6 Å². The second-order valence-electron chi connectivity index (χ2n) is 8.93. The summed E-state index contributed by atoms with van der Waals surface area (Å²) in [4.78, 5) is 26.7.